The fourth-order valence-corrected chi connectivity index (χ4v) is 4.36. The van der Waals surface area contributed by atoms with E-state index in [1.807, 2.05) is 56.3 Å². The summed E-state index contributed by atoms with van der Waals surface area (Å²) in [7, 11) is 0. The third kappa shape index (κ3) is 3.70. The molecular weight excluding hydrogens is 438 g/mol. The van der Waals surface area contributed by atoms with Crippen molar-refractivity contribution in [3.8, 4) is 11.8 Å². The van der Waals surface area contributed by atoms with Gasteiger partial charge in [-0.15, -0.1) is 11.3 Å². The van der Waals surface area contributed by atoms with E-state index < -0.39 is 5.91 Å². The van der Waals surface area contributed by atoms with Crippen LogP contribution in [0.5, 0.6) is 0 Å². The quantitative estimate of drug-likeness (QED) is 0.659. The van der Waals surface area contributed by atoms with Crippen molar-refractivity contribution in [2.24, 2.45) is 5.73 Å². The first-order valence-electron chi connectivity index (χ1n) is 8.33. The van der Waals surface area contributed by atoms with Crippen molar-refractivity contribution in [3.05, 3.63) is 83.2 Å². The van der Waals surface area contributed by atoms with Crippen LogP contribution in [0.3, 0.4) is 0 Å². The standard InChI is InChI=1S/C21H16BrN3O2S/c1-12-7-8-17(13(2)9-12)25-20(27)18(10-14-5-3-4-6-16(14)22)28-21(25)15(11-23)19(24)26/h3-10H,1-2H3,(H2,24,26)/b18-10+,21-15+. The smallest absolute Gasteiger partial charge is 0.273 e. The van der Waals surface area contributed by atoms with Crippen LogP contribution in [-0.2, 0) is 4.79 Å². The highest BCUT2D eigenvalue weighted by Crippen LogP contribution is 2.16. The monoisotopic (exact) mass is 453 g/mol. The SMILES string of the molecule is Cc1ccc(-n2c(=O)/c(=C\c3ccccc3Br)s/c2=C(\C#N)C(N)=O)c(C)c1. The van der Waals surface area contributed by atoms with E-state index in [2.05, 4.69) is 15.9 Å². The van der Waals surface area contributed by atoms with Crippen LogP contribution in [0.4, 0.5) is 0 Å². The molecule has 1 heterocycles. The van der Waals surface area contributed by atoms with Crippen LogP contribution in [-0.4, -0.2) is 10.5 Å². The van der Waals surface area contributed by atoms with Gasteiger partial charge in [-0.25, -0.2) is 0 Å². The highest BCUT2D eigenvalue weighted by Gasteiger charge is 2.16. The molecule has 0 fully saturated rings. The number of carbonyl (C=O) groups is 1. The average Bonchev–Trinajstić information content (AvgIpc) is 2.94. The molecule has 0 unspecified atom stereocenters. The molecule has 0 aliphatic rings. The predicted molar refractivity (Wildman–Crippen MR) is 115 cm³/mol. The summed E-state index contributed by atoms with van der Waals surface area (Å²) in [5.41, 5.74) is 8.18. The van der Waals surface area contributed by atoms with Gasteiger partial charge in [-0.1, -0.05) is 51.8 Å². The fourth-order valence-electron chi connectivity index (χ4n) is 2.87. The lowest BCUT2D eigenvalue weighted by Gasteiger charge is -2.08. The number of benzene rings is 2. The number of hydrogen-bond acceptors (Lipinski definition) is 4. The topological polar surface area (TPSA) is 88.9 Å². The first-order chi connectivity index (χ1) is 13.3. The first-order valence-corrected chi connectivity index (χ1v) is 9.94. The van der Waals surface area contributed by atoms with Gasteiger partial charge < -0.3 is 5.73 Å². The Labute approximate surface area is 173 Å². The lowest BCUT2D eigenvalue weighted by atomic mass is 10.1. The lowest BCUT2D eigenvalue weighted by Crippen LogP contribution is -2.32. The molecule has 2 aromatic carbocycles. The molecule has 2 N–H and O–H groups in total. The van der Waals surface area contributed by atoms with Crippen molar-refractivity contribution in [2.75, 3.05) is 0 Å². The van der Waals surface area contributed by atoms with Gasteiger partial charge in [0.1, 0.15) is 10.7 Å². The zero-order valence-electron chi connectivity index (χ0n) is 15.2. The van der Waals surface area contributed by atoms with Gasteiger partial charge in [-0.2, -0.15) is 5.26 Å². The average molecular weight is 454 g/mol. The van der Waals surface area contributed by atoms with Crippen LogP contribution in [0.2, 0.25) is 0 Å². The van der Waals surface area contributed by atoms with Gasteiger partial charge in [0.05, 0.1) is 10.2 Å². The normalized spacial score (nSPS) is 12.6. The number of amides is 1. The van der Waals surface area contributed by atoms with Gasteiger partial charge in [0.2, 0.25) is 0 Å². The van der Waals surface area contributed by atoms with E-state index in [0.29, 0.717) is 10.2 Å². The number of primary amides is 1. The molecule has 0 saturated carbocycles. The summed E-state index contributed by atoms with van der Waals surface area (Å²) in [5.74, 6) is -0.866. The third-order valence-corrected chi connectivity index (χ3v) is 6.00. The maximum atomic E-state index is 13.2. The molecule has 0 aliphatic heterocycles. The Hall–Kier alpha value is -2.95. The Morgan fingerprint density at radius 1 is 1.25 bits per heavy atom. The number of nitrogens with zero attached hydrogens (tertiary/aromatic N) is 2. The van der Waals surface area contributed by atoms with Crippen molar-refractivity contribution >= 4 is 44.8 Å². The largest absolute Gasteiger partial charge is 0.365 e. The van der Waals surface area contributed by atoms with E-state index in [-0.39, 0.29) is 15.8 Å². The molecule has 0 bridgehead atoms. The van der Waals surface area contributed by atoms with E-state index in [1.54, 1.807) is 12.1 Å². The second-order valence-electron chi connectivity index (χ2n) is 6.22. The number of aromatic nitrogens is 1. The number of nitriles is 1. The van der Waals surface area contributed by atoms with E-state index in [9.17, 15) is 14.9 Å². The number of aryl methyl sites for hydroxylation is 2. The van der Waals surface area contributed by atoms with Crippen molar-refractivity contribution in [3.63, 3.8) is 0 Å². The van der Waals surface area contributed by atoms with E-state index in [4.69, 9.17) is 5.73 Å². The minimum atomic E-state index is -0.866. The van der Waals surface area contributed by atoms with Gasteiger partial charge in [0, 0.05) is 4.47 Å². The molecule has 7 heteroatoms. The van der Waals surface area contributed by atoms with E-state index in [0.717, 1.165) is 32.5 Å². The Kier molecular flexibility index (Phi) is 5.63. The van der Waals surface area contributed by atoms with E-state index in [1.165, 1.54) is 4.57 Å². The Bertz CT molecular complexity index is 1310. The lowest BCUT2D eigenvalue weighted by molar-refractivity contribution is -0.112. The summed E-state index contributed by atoms with van der Waals surface area (Å²) < 4.78 is 2.86. The molecule has 140 valence electrons. The van der Waals surface area contributed by atoms with Crippen LogP contribution < -0.4 is 20.5 Å². The highest BCUT2D eigenvalue weighted by atomic mass is 79.9. The number of hydrogen-bond donors (Lipinski definition) is 1. The summed E-state index contributed by atoms with van der Waals surface area (Å²) in [6, 6.07) is 15.0. The number of carbonyl (C=O) groups excluding carboxylic acids is 1. The molecule has 28 heavy (non-hydrogen) atoms. The molecule has 1 aromatic heterocycles. The van der Waals surface area contributed by atoms with Crippen LogP contribution in [0.25, 0.3) is 17.3 Å². The zero-order valence-corrected chi connectivity index (χ0v) is 17.6. The van der Waals surface area contributed by atoms with Crippen LogP contribution in [0.15, 0.2) is 51.7 Å². The van der Waals surface area contributed by atoms with Crippen molar-refractivity contribution < 1.29 is 4.79 Å². The van der Waals surface area contributed by atoms with Crippen molar-refractivity contribution in [2.45, 2.75) is 13.8 Å². The van der Waals surface area contributed by atoms with Gasteiger partial charge >= 0.3 is 0 Å². The summed E-state index contributed by atoms with van der Waals surface area (Å²) in [5, 5.41) is 9.45. The van der Waals surface area contributed by atoms with Crippen LogP contribution in [0.1, 0.15) is 16.7 Å². The second kappa shape index (κ2) is 7.97. The summed E-state index contributed by atoms with van der Waals surface area (Å²) >= 11 is 4.54. The van der Waals surface area contributed by atoms with E-state index >= 15 is 0 Å². The van der Waals surface area contributed by atoms with Crippen LogP contribution in [0, 0.1) is 25.2 Å². The molecule has 3 aromatic rings. The number of nitrogens with two attached hydrogens (primary N) is 1. The van der Waals surface area contributed by atoms with Crippen molar-refractivity contribution in [1.82, 2.24) is 4.57 Å². The zero-order chi connectivity index (χ0) is 20.4. The number of halogens is 1. The predicted octanol–water partition coefficient (Wildman–Crippen LogP) is 2.27. The molecule has 0 spiro atoms. The summed E-state index contributed by atoms with van der Waals surface area (Å²) in [4.78, 5) is 25.1. The number of thiazole rings is 1. The minimum absolute atomic E-state index is 0.227. The molecule has 0 saturated heterocycles. The minimum Gasteiger partial charge on any atom is -0.365 e. The van der Waals surface area contributed by atoms with Gasteiger partial charge in [-0.05, 0) is 43.2 Å². The third-order valence-electron chi connectivity index (χ3n) is 4.18. The maximum absolute atomic E-state index is 13.2. The van der Waals surface area contributed by atoms with Gasteiger partial charge in [-0.3, -0.25) is 14.2 Å². The van der Waals surface area contributed by atoms with Gasteiger partial charge in [0.15, 0.2) is 5.57 Å². The molecule has 0 aliphatic carbocycles. The number of rotatable bonds is 3. The second-order valence-corrected chi connectivity index (χ2v) is 8.10. The summed E-state index contributed by atoms with van der Waals surface area (Å²) in [6.07, 6.45) is 1.73. The molecule has 0 radical (unpaired) electrons. The van der Waals surface area contributed by atoms with Gasteiger partial charge in [0.25, 0.3) is 11.5 Å². The maximum Gasteiger partial charge on any atom is 0.273 e. The highest BCUT2D eigenvalue weighted by molar-refractivity contribution is 9.10. The molecule has 1 amide bonds. The molecule has 0 atom stereocenters. The van der Waals surface area contributed by atoms with Crippen molar-refractivity contribution in [1.29, 1.82) is 5.26 Å². The Balaban J connectivity index is 2.48. The molecular formula is C21H16BrN3O2S. The molecule has 5 nitrogen and oxygen atoms in total. The Morgan fingerprint density at radius 3 is 2.57 bits per heavy atom. The summed E-state index contributed by atoms with van der Waals surface area (Å²) in [6.45, 7) is 3.83. The Morgan fingerprint density at radius 2 is 1.96 bits per heavy atom. The van der Waals surface area contributed by atoms with Crippen LogP contribution >= 0.6 is 27.3 Å². The fraction of sp³-hybridized carbons (Fsp3) is 0.0952. The first kappa shape index (κ1) is 19.8. The molecule has 3 rings (SSSR count).